The Morgan fingerprint density at radius 2 is 2.07 bits per heavy atom. The summed E-state index contributed by atoms with van der Waals surface area (Å²) in [6, 6.07) is 2.28. The number of carbonyl (C=O) groups is 1. The standard InChI is InChI=1S/C19H23F3N4O3/c1-4-14-7-13(8-16(27)23-14)18(28)25-5-6-29-9-15(25)17-11(2)24-26(12(17)3)10-19(20,21)22/h7-8,15H,4-6,9-10H2,1-3H3,(H,23,27). The van der Waals surface area contributed by atoms with Crippen molar-refractivity contribution < 1.29 is 22.7 Å². The molecule has 29 heavy (non-hydrogen) atoms. The third-order valence-corrected chi connectivity index (χ3v) is 5.02. The second kappa shape index (κ2) is 8.02. The number of amides is 1. The average molecular weight is 412 g/mol. The Hall–Kier alpha value is -2.62. The molecule has 1 aliphatic heterocycles. The summed E-state index contributed by atoms with van der Waals surface area (Å²) in [6.45, 7) is 4.56. The Labute approximate surface area is 165 Å². The van der Waals surface area contributed by atoms with E-state index in [1.54, 1.807) is 24.8 Å². The maximum Gasteiger partial charge on any atom is 0.408 e. The van der Waals surface area contributed by atoms with Gasteiger partial charge in [0, 0.05) is 35.1 Å². The van der Waals surface area contributed by atoms with Crippen LogP contribution in [0.15, 0.2) is 16.9 Å². The number of aryl methyl sites for hydroxylation is 2. The summed E-state index contributed by atoms with van der Waals surface area (Å²) < 4.78 is 45.0. The highest BCUT2D eigenvalue weighted by Crippen LogP contribution is 2.31. The number of alkyl halides is 3. The van der Waals surface area contributed by atoms with E-state index in [-0.39, 0.29) is 30.2 Å². The van der Waals surface area contributed by atoms with E-state index in [1.165, 1.54) is 6.07 Å². The number of hydrogen-bond donors (Lipinski definition) is 1. The van der Waals surface area contributed by atoms with Crippen LogP contribution in [0.25, 0.3) is 0 Å². The van der Waals surface area contributed by atoms with Gasteiger partial charge in [0.15, 0.2) is 0 Å². The number of morpholine rings is 1. The molecule has 10 heteroatoms. The van der Waals surface area contributed by atoms with Crippen LogP contribution in [0.3, 0.4) is 0 Å². The summed E-state index contributed by atoms with van der Waals surface area (Å²) in [6.07, 6.45) is -3.84. The molecule has 0 bridgehead atoms. The number of nitrogens with zero attached hydrogens (tertiary/aromatic N) is 3. The Kier molecular flexibility index (Phi) is 5.83. The van der Waals surface area contributed by atoms with E-state index in [0.29, 0.717) is 35.7 Å². The molecule has 1 N–H and O–H groups in total. The van der Waals surface area contributed by atoms with Crippen molar-refractivity contribution in [3.63, 3.8) is 0 Å². The van der Waals surface area contributed by atoms with Gasteiger partial charge in [-0.05, 0) is 26.3 Å². The molecular formula is C19H23F3N4O3. The predicted octanol–water partition coefficient (Wildman–Crippen LogP) is 2.53. The van der Waals surface area contributed by atoms with Crippen LogP contribution in [0.2, 0.25) is 0 Å². The minimum Gasteiger partial charge on any atom is -0.377 e. The summed E-state index contributed by atoms with van der Waals surface area (Å²) in [5, 5.41) is 4.03. The minimum absolute atomic E-state index is 0.148. The van der Waals surface area contributed by atoms with Gasteiger partial charge in [0.2, 0.25) is 5.56 Å². The van der Waals surface area contributed by atoms with Crippen molar-refractivity contribution in [3.8, 4) is 0 Å². The van der Waals surface area contributed by atoms with Crippen molar-refractivity contribution in [1.82, 2.24) is 19.7 Å². The Bertz CT molecular complexity index is 965. The number of nitrogens with one attached hydrogen (secondary N) is 1. The summed E-state index contributed by atoms with van der Waals surface area (Å²) in [4.78, 5) is 29.3. The quantitative estimate of drug-likeness (QED) is 0.837. The van der Waals surface area contributed by atoms with Crippen LogP contribution < -0.4 is 5.56 Å². The second-order valence-corrected chi connectivity index (χ2v) is 7.06. The minimum atomic E-state index is -4.40. The average Bonchev–Trinajstić information content (AvgIpc) is 2.92. The molecule has 1 fully saturated rings. The number of carbonyl (C=O) groups excluding carboxylic acids is 1. The molecule has 3 heterocycles. The van der Waals surface area contributed by atoms with E-state index in [2.05, 4.69) is 10.1 Å². The van der Waals surface area contributed by atoms with Gasteiger partial charge in [0.25, 0.3) is 5.91 Å². The first-order valence-corrected chi connectivity index (χ1v) is 9.33. The largest absolute Gasteiger partial charge is 0.408 e. The zero-order chi connectivity index (χ0) is 21.3. The molecule has 158 valence electrons. The van der Waals surface area contributed by atoms with Gasteiger partial charge < -0.3 is 14.6 Å². The third-order valence-electron chi connectivity index (χ3n) is 5.02. The summed E-state index contributed by atoms with van der Waals surface area (Å²) in [5.41, 5.74) is 1.81. The fourth-order valence-electron chi connectivity index (χ4n) is 3.68. The molecule has 0 aromatic carbocycles. The van der Waals surface area contributed by atoms with E-state index >= 15 is 0 Å². The lowest BCUT2D eigenvalue weighted by Gasteiger charge is -2.36. The first-order valence-electron chi connectivity index (χ1n) is 9.33. The van der Waals surface area contributed by atoms with Gasteiger partial charge in [-0.1, -0.05) is 6.92 Å². The maximum atomic E-state index is 13.2. The normalized spacial score (nSPS) is 17.6. The van der Waals surface area contributed by atoms with Crippen molar-refractivity contribution in [1.29, 1.82) is 0 Å². The first kappa shape index (κ1) is 21.1. The van der Waals surface area contributed by atoms with Crippen LogP contribution in [-0.4, -0.2) is 51.5 Å². The lowest BCUT2D eigenvalue weighted by molar-refractivity contribution is -0.143. The zero-order valence-electron chi connectivity index (χ0n) is 16.5. The molecule has 1 atom stereocenters. The van der Waals surface area contributed by atoms with E-state index in [4.69, 9.17) is 4.74 Å². The topological polar surface area (TPSA) is 80.2 Å². The van der Waals surface area contributed by atoms with Crippen LogP contribution in [0.4, 0.5) is 13.2 Å². The van der Waals surface area contributed by atoms with Crippen molar-refractivity contribution in [2.45, 2.75) is 46.0 Å². The molecule has 1 unspecified atom stereocenters. The smallest absolute Gasteiger partial charge is 0.377 e. The van der Waals surface area contributed by atoms with E-state index in [0.717, 1.165) is 4.68 Å². The van der Waals surface area contributed by atoms with Gasteiger partial charge in [0.05, 0.1) is 24.9 Å². The van der Waals surface area contributed by atoms with Gasteiger partial charge in [0.1, 0.15) is 6.54 Å². The second-order valence-electron chi connectivity index (χ2n) is 7.06. The van der Waals surface area contributed by atoms with Crippen molar-refractivity contribution >= 4 is 5.91 Å². The van der Waals surface area contributed by atoms with E-state index in [1.807, 2.05) is 6.92 Å². The van der Waals surface area contributed by atoms with E-state index < -0.39 is 18.8 Å². The van der Waals surface area contributed by atoms with Crippen LogP contribution in [0.5, 0.6) is 0 Å². The van der Waals surface area contributed by atoms with Crippen LogP contribution in [-0.2, 0) is 17.7 Å². The number of ether oxygens (including phenoxy) is 1. The van der Waals surface area contributed by atoms with Gasteiger partial charge in [-0.3, -0.25) is 14.3 Å². The monoisotopic (exact) mass is 412 g/mol. The molecule has 0 radical (unpaired) electrons. The summed E-state index contributed by atoms with van der Waals surface area (Å²) >= 11 is 0. The van der Waals surface area contributed by atoms with Crippen molar-refractivity contribution in [2.75, 3.05) is 19.8 Å². The van der Waals surface area contributed by atoms with Gasteiger partial charge in [-0.2, -0.15) is 18.3 Å². The SMILES string of the molecule is CCc1cc(C(=O)N2CCOCC2c2c(C)nn(CC(F)(F)F)c2C)cc(=O)[nH]1. The zero-order valence-corrected chi connectivity index (χ0v) is 16.5. The van der Waals surface area contributed by atoms with Gasteiger partial charge >= 0.3 is 6.18 Å². The molecule has 2 aromatic heterocycles. The number of H-pyrrole nitrogens is 1. The number of pyridine rings is 1. The Morgan fingerprint density at radius 3 is 2.72 bits per heavy atom. The molecule has 3 rings (SSSR count). The number of aromatic amines is 1. The third kappa shape index (κ3) is 4.52. The molecule has 1 aliphatic rings. The van der Waals surface area contributed by atoms with Crippen molar-refractivity contribution in [2.24, 2.45) is 0 Å². The summed E-state index contributed by atoms with van der Waals surface area (Å²) in [7, 11) is 0. The first-order chi connectivity index (χ1) is 13.6. The molecule has 0 saturated carbocycles. The lowest BCUT2D eigenvalue weighted by atomic mass is 10.0. The van der Waals surface area contributed by atoms with Gasteiger partial charge in [-0.25, -0.2) is 0 Å². The number of hydrogen-bond acceptors (Lipinski definition) is 4. The highest BCUT2D eigenvalue weighted by Gasteiger charge is 2.35. The molecular weight excluding hydrogens is 389 g/mol. The van der Waals surface area contributed by atoms with Crippen LogP contribution in [0, 0.1) is 13.8 Å². The van der Waals surface area contributed by atoms with Crippen molar-refractivity contribution in [3.05, 3.63) is 50.7 Å². The number of aromatic nitrogens is 3. The Balaban J connectivity index is 1.98. The fourth-order valence-corrected chi connectivity index (χ4v) is 3.68. The Morgan fingerprint density at radius 1 is 1.34 bits per heavy atom. The van der Waals surface area contributed by atoms with Crippen LogP contribution >= 0.6 is 0 Å². The molecule has 2 aromatic rings. The lowest BCUT2D eigenvalue weighted by Crippen LogP contribution is -2.44. The molecule has 0 spiro atoms. The maximum absolute atomic E-state index is 13.2. The van der Waals surface area contributed by atoms with Crippen LogP contribution in [0.1, 0.15) is 46.0 Å². The fraction of sp³-hybridized carbons (Fsp3) is 0.526. The predicted molar refractivity (Wildman–Crippen MR) is 98.8 cm³/mol. The number of halogens is 3. The highest BCUT2D eigenvalue weighted by molar-refractivity contribution is 5.94. The molecule has 0 aliphatic carbocycles. The highest BCUT2D eigenvalue weighted by atomic mass is 19.4. The van der Waals surface area contributed by atoms with E-state index in [9.17, 15) is 22.8 Å². The summed E-state index contributed by atoms with van der Waals surface area (Å²) in [5.74, 6) is -0.360. The molecule has 1 amide bonds. The number of rotatable bonds is 4. The molecule has 7 nitrogen and oxygen atoms in total. The molecule has 1 saturated heterocycles. The van der Waals surface area contributed by atoms with Gasteiger partial charge in [-0.15, -0.1) is 0 Å².